The van der Waals surface area contributed by atoms with Crippen LogP contribution < -0.4 is 11.0 Å². The molecule has 1 aromatic carbocycles. The normalized spacial score (nSPS) is 13.8. The first-order valence-electron chi connectivity index (χ1n) is 8.10. The molecule has 0 bridgehead atoms. The minimum Gasteiger partial charge on any atom is -0.360 e. The second-order valence-corrected chi connectivity index (χ2v) is 6.11. The van der Waals surface area contributed by atoms with E-state index in [9.17, 15) is 9.59 Å². The van der Waals surface area contributed by atoms with Crippen LogP contribution in [0.5, 0.6) is 0 Å². The molecule has 0 atom stereocenters. The van der Waals surface area contributed by atoms with E-state index in [0.29, 0.717) is 17.4 Å². The SMILES string of the molecule is Cc1cc(NC(=O)Cn2nc(C3CC3)n(-c3ccccc3)c2=O)no1. The van der Waals surface area contributed by atoms with Crippen molar-refractivity contribution in [2.24, 2.45) is 0 Å². The number of nitrogens with one attached hydrogen (secondary N) is 1. The van der Waals surface area contributed by atoms with Crippen LogP contribution in [-0.2, 0) is 11.3 Å². The van der Waals surface area contributed by atoms with Crippen LogP contribution in [0.4, 0.5) is 5.82 Å². The Morgan fingerprint density at radius 2 is 2.08 bits per heavy atom. The molecule has 0 unspecified atom stereocenters. The molecule has 1 aliphatic carbocycles. The van der Waals surface area contributed by atoms with E-state index in [2.05, 4.69) is 15.6 Å². The summed E-state index contributed by atoms with van der Waals surface area (Å²) in [4.78, 5) is 24.9. The summed E-state index contributed by atoms with van der Waals surface area (Å²) in [6, 6.07) is 11.0. The minimum atomic E-state index is -0.379. The number of amides is 1. The number of carbonyl (C=O) groups is 1. The van der Waals surface area contributed by atoms with Gasteiger partial charge in [0, 0.05) is 12.0 Å². The van der Waals surface area contributed by atoms with Crippen LogP contribution in [0.1, 0.15) is 30.3 Å². The highest BCUT2D eigenvalue weighted by Crippen LogP contribution is 2.39. The van der Waals surface area contributed by atoms with Gasteiger partial charge in [-0.1, -0.05) is 23.4 Å². The van der Waals surface area contributed by atoms with Crippen molar-refractivity contribution in [2.75, 3.05) is 5.32 Å². The lowest BCUT2D eigenvalue weighted by molar-refractivity contribution is -0.117. The molecule has 25 heavy (non-hydrogen) atoms. The molecule has 0 aliphatic heterocycles. The summed E-state index contributed by atoms with van der Waals surface area (Å²) in [5.41, 5.74) is 0.438. The number of nitrogens with zero attached hydrogens (tertiary/aromatic N) is 4. The lowest BCUT2D eigenvalue weighted by atomic mass is 10.3. The number of anilines is 1. The average Bonchev–Trinajstić information content (AvgIpc) is 3.29. The molecule has 1 fully saturated rings. The fourth-order valence-corrected chi connectivity index (χ4v) is 2.70. The Bertz CT molecular complexity index is 966. The first-order valence-corrected chi connectivity index (χ1v) is 8.10. The van der Waals surface area contributed by atoms with Crippen molar-refractivity contribution >= 4 is 11.7 Å². The second-order valence-electron chi connectivity index (χ2n) is 6.11. The van der Waals surface area contributed by atoms with Gasteiger partial charge in [0.05, 0.1) is 5.69 Å². The van der Waals surface area contributed by atoms with Crippen LogP contribution >= 0.6 is 0 Å². The summed E-state index contributed by atoms with van der Waals surface area (Å²) in [5.74, 6) is 1.52. The highest BCUT2D eigenvalue weighted by molar-refractivity contribution is 5.89. The van der Waals surface area contributed by atoms with E-state index in [1.165, 1.54) is 4.68 Å². The Kier molecular flexibility index (Phi) is 3.72. The van der Waals surface area contributed by atoms with Crippen LogP contribution in [0.15, 0.2) is 45.7 Å². The Morgan fingerprint density at radius 1 is 1.32 bits per heavy atom. The molecule has 1 N–H and O–H groups in total. The molecule has 1 aliphatic rings. The van der Waals surface area contributed by atoms with Gasteiger partial charge in [0.1, 0.15) is 18.1 Å². The lowest BCUT2D eigenvalue weighted by Gasteiger charge is -2.03. The number of rotatable bonds is 5. The molecular formula is C17H17N5O3. The molecule has 2 heterocycles. The Labute approximate surface area is 143 Å². The third-order valence-corrected chi connectivity index (χ3v) is 4.01. The van der Waals surface area contributed by atoms with Gasteiger partial charge in [0.25, 0.3) is 0 Å². The van der Waals surface area contributed by atoms with Gasteiger partial charge in [-0.3, -0.25) is 4.79 Å². The highest BCUT2D eigenvalue weighted by atomic mass is 16.5. The van der Waals surface area contributed by atoms with Crippen molar-refractivity contribution in [3.63, 3.8) is 0 Å². The van der Waals surface area contributed by atoms with Crippen LogP contribution in [0.2, 0.25) is 0 Å². The van der Waals surface area contributed by atoms with Gasteiger partial charge < -0.3 is 9.84 Å². The number of aromatic nitrogens is 4. The molecule has 3 aromatic rings. The van der Waals surface area contributed by atoms with Gasteiger partial charge in [-0.25, -0.2) is 14.0 Å². The molecule has 0 radical (unpaired) electrons. The monoisotopic (exact) mass is 339 g/mol. The van der Waals surface area contributed by atoms with E-state index in [4.69, 9.17) is 4.52 Å². The smallest absolute Gasteiger partial charge is 0.351 e. The van der Waals surface area contributed by atoms with Crippen LogP contribution in [-0.4, -0.2) is 25.4 Å². The third-order valence-electron chi connectivity index (χ3n) is 4.01. The maximum atomic E-state index is 12.8. The number of hydrogen-bond donors (Lipinski definition) is 1. The standard InChI is InChI=1S/C17H17N5O3/c1-11-9-14(20-25-11)18-15(23)10-21-17(24)22(13-5-3-2-4-6-13)16(19-21)12-7-8-12/h2-6,9,12H,7-8,10H2,1H3,(H,18,20,23). The Morgan fingerprint density at radius 3 is 2.72 bits per heavy atom. The van der Waals surface area contributed by atoms with Gasteiger partial charge in [0.15, 0.2) is 5.82 Å². The summed E-state index contributed by atoms with van der Waals surface area (Å²) >= 11 is 0. The topological polar surface area (TPSA) is 95.0 Å². The summed E-state index contributed by atoms with van der Waals surface area (Å²) in [6.07, 6.45) is 2.02. The Balaban J connectivity index is 1.62. The first-order chi connectivity index (χ1) is 12.1. The molecule has 8 nitrogen and oxygen atoms in total. The van der Waals surface area contributed by atoms with Crippen molar-refractivity contribution in [3.8, 4) is 5.69 Å². The summed E-state index contributed by atoms with van der Waals surface area (Å²) < 4.78 is 7.69. The molecule has 4 rings (SSSR count). The van der Waals surface area contributed by atoms with Gasteiger partial charge >= 0.3 is 5.69 Å². The van der Waals surface area contributed by atoms with E-state index in [-0.39, 0.29) is 24.1 Å². The van der Waals surface area contributed by atoms with Gasteiger partial charge in [-0.2, -0.15) is 5.10 Å². The van der Waals surface area contributed by atoms with Gasteiger partial charge in [0.2, 0.25) is 5.91 Å². The summed E-state index contributed by atoms with van der Waals surface area (Å²) in [5, 5.41) is 10.7. The number of aryl methyl sites for hydroxylation is 1. The summed E-state index contributed by atoms with van der Waals surface area (Å²) in [6.45, 7) is 1.56. The molecule has 2 aromatic heterocycles. The summed E-state index contributed by atoms with van der Waals surface area (Å²) in [7, 11) is 0. The zero-order valence-electron chi connectivity index (χ0n) is 13.7. The van der Waals surface area contributed by atoms with Gasteiger partial charge in [-0.05, 0) is 31.9 Å². The number of hydrogen-bond acceptors (Lipinski definition) is 5. The molecular weight excluding hydrogens is 322 g/mol. The van der Waals surface area contributed by atoms with Crippen molar-refractivity contribution in [1.82, 2.24) is 19.5 Å². The van der Waals surface area contributed by atoms with E-state index in [1.54, 1.807) is 17.6 Å². The van der Waals surface area contributed by atoms with Crippen molar-refractivity contribution in [3.05, 3.63) is 58.5 Å². The van der Waals surface area contributed by atoms with E-state index in [1.807, 2.05) is 30.3 Å². The molecule has 1 saturated carbocycles. The molecule has 0 saturated heterocycles. The van der Waals surface area contributed by atoms with Crippen molar-refractivity contribution in [1.29, 1.82) is 0 Å². The molecule has 8 heteroatoms. The van der Waals surface area contributed by atoms with Crippen LogP contribution in [0.3, 0.4) is 0 Å². The highest BCUT2D eigenvalue weighted by Gasteiger charge is 2.31. The first kappa shape index (κ1) is 15.4. The predicted molar refractivity (Wildman–Crippen MR) is 89.7 cm³/mol. The van der Waals surface area contributed by atoms with E-state index >= 15 is 0 Å². The van der Waals surface area contributed by atoms with E-state index < -0.39 is 0 Å². The average molecular weight is 339 g/mol. The number of para-hydroxylation sites is 1. The predicted octanol–water partition coefficient (Wildman–Crippen LogP) is 1.85. The molecule has 0 spiro atoms. The zero-order valence-corrected chi connectivity index (χ0v) is 13.7. The maximum Gasteiger partial charge on any atom is 0.351 e. The second kappa shape index (κ2) is 6.04. The minimum absolute atomic E-state index is 0.176. The fraction of sp³-hybridized carbons (Fsp3) is 0.294. The largest absolute Gasteiger partial charge is 0.360 e. The van der Waals surface area contributed by atoms with E-state index in [0.717, 1.165) is 18.5 Å². The Hall–Kier alpha value is -3.16. The fourth-order valence-electron chi connectivity index (χ4n) is 2.70. The quantitative estimate of drug-likeness (QED) is 0.765. The lowest BCUT2D eigenvalue weighted by Crippen LogP contribution is -2.29. The van der Waals surface area contributed by atoms with Crippen LogP contribution in [0, 0.1) is 6.92 Å². The van der Waals surface area contributed by atoms with Gasteiger partial charge in [-0.15, -0.1) is 0 Å². The van der Waals surface area contributed by atoms with Crippen molar-refractivity contribution in [2.45, 2.75) is 32.2 Å². The molecule has 128 valence electrons. The van der Waals surface area contributed by atoms with Crippen molar-refractivity contribution < 1.29 is 9.32 Å². The molecule has 1 amide bonds. The third kappa shape index (κ3) is 3.10. The number of benzene rings is 1. The zero-order chi connectivity index (χ0) is 17.4. The maximum absolute atomic E-state index is 12.8. The number of carbonyl (C=O) groups excluding carboxylic acids is 1. The van der Waals surface area contributed by atoms with Crippen LogP contribution in [0.25, 0.3) is 5.69 Å².